The van der Waals surface area contributed by atoms with Crippen molar-refractivity contribution in [2.24, 2.45) is 0 Å². The first-order valence-corrected chi connectivity index (χ1v) is 0.500. The van der Waals surface area contributed by atoms with Crippen molar-refractivity contribution in [1.82, 2.24) is 0 Å². The van der Waals surface area contributed by atoms with Crippen molar-refractivity contribution in [1.29, 1.82) is 0 Å². The Morgan fingerprint density at radius 2 is 1.25 bits per heavy atom. The van der Waals surface area contributed by atoms with Crippen molar-refractivity contribution in [3.05, 3.63) is 13.2 Å². The van der Waals surface area contributed by atoms with Gasteiger partial charge < -0.3 is 2.85 Å². The molecule has 0 atom stereocenters. The van der Waals surface area contributed by atoms with Crippen LogP contribution in [0.3, 0.4) is 0 Å². The van der Waals surface area contributed by atoms with E-state index in [1.54, 1.807) is 0 Å². The summed E-state index contributed by atoms with van der Waals surface area (Å²) in [4.78, 5) is 0. The summed E-state index contributed by atoms with van der Waals surface area (Å²) in [7, 11) is 0. The van der Waals surface area contributed by atoms with Gasteiger partial charge in [0, 0.05) is 21.7 Å². The summed E-state index contributed by atoms with van der Waals surface area (Å²) in [5.74, 6) is 0. The summed E-state index contributed by atoms with van der Waals surface area (Å²) in [5, 5.41) is 0. The first kappa shape index (κ1) is 18.9. The van der Waals surface area contributed by atoms with Crippen LogP contribution in [0.5, 0.6) is 0 Å². The van der Waals surface area contributed by atoms with Crippen LogP contribution < -0.4 is 0 Å². The van der Waals surface area contributed by atoms with Crippen LogP contribution in [0, 0.1) is 0 Å². The van der Waals surface area contributed by atoms with Crippen LogP contribution in [0.2, 0.25) is 0 Å². The maximum atomic E-state index is 3.00. The molecule has 0 unspecified atom stereocenters. The van der Waals surface area contributed by atoms with Crippen LogP contribution in [-0.4, -0.2) is 23.1 Å². The molecular weight excluding hydrogens is 96.2 g/mol. The van der Waals surface area contributed by atoms with Crippen molar-refractivity contribution >= 4 is 23.1 Å². The Morgan fingerprint density at radius 1 is 1.25 bits per heavy atom. The maximum Gasteiger partial charge on any atom is 2.00 e. The molecule has 0 bridgehead atoms. The molecule has 20 valence electrons. The summed E-state index contributed by atoms with van der Waals surface area (Å²) in [6.45, 7) is 6.00. The quantitative estimate of drug-likeness (QED) is 0.311. The minimum absolute atomic E-state index is 0. The van der Waals surface area contributed by atoms with Crippen molar-refractivity contribution < 1.29 is 24.6 Å². The van der Waals surface area contributed by atoms with Gasteiger partial charge in [-0.3, -0.25) is 0 Å². The van der Waals surface area contributed by atoms with Crippen molar-refractivity contribution in [2.45, 2.75) is 0 Å². The van der Waals surface area contributed by atoms with E-state index in [0.29, 0.717) is 0 Å². The maximum absolute atomic E-state index is 3.00. The number of hydrogen-bond acceptors (Lipinski definition) is 0. The molecule has 0 radical (unpaired) electrons. The molecule has 4 heavy (non-hydrogen) atoms. The second kappa shape index (κ2) is 29.4. The normalized spacial score (nSPS) is 1.00. The zero-order valence-electron chi connectivity index (χ0n) is 4.62. The van der Waals surface area contributed by atoms with Crippen molar-refractivity contribution in [2.75, 3.05) is 0 Å². The van der Waals surface area contributed by atoms with E-state index >= 15 is 0 Å². The molecule has 0 fully saturated rings. The number of hydrogen-bond donors (Lipinski definition) is 0. The fraction of sp³-hybridized carbons (Fsp3) is 0. The van der Waals surface area contributed by atoms with Gasteiger partial charge in [-0.15, -0.1) is 13.2 Å². The Labute approximate surface area is 60.7 Å². The molecular formula is C2H6MgTi. The smallest absolute Gasteiger partial charge is 1.00 e. The molecule has 0 heterocycles. The molecule has 0 amide bonds. The van der Waals surface area contributed by atoms with Crippen LogP contribution in [-0.2, 0) is 21.7 Å². The Bertz CT molecular complexity index is 11.5. The van der Waals surface area contributed by atoms with Gasteiger partial charge in [0.1, 0.15) is 0 Å². The summed E-state index contributed by atoms with van der Waals surface area (Å²) in [6.07, 6.45) is 0. The molecule has 0 N–H and O–H groups in total. The van der Waals surface area contributed by atoms with Crippen LogP contribution in [0.1, 0.15) is 2.85 Å². The monoisotopic (exact) mass is 102 g/mol. The van der Waals surface area contributed by atoms with Gasteiger partial charge in [-0.1, -0.05) is 0 Å². The second-order valence-corrected chi connectivity index (χ2v) is 0. The van der Waals surface area contributed by atoms with E-state index in [0.717, 1.165) is 0 Å². The van der Waals surface area contributed by atoms with Gasteiger partial charge in [0.05, 0.1) is 0 Å². The van der Waals surface area contributed by atoms with E-state index < -0.39 is 0 Å². The average molecular weight is 102 g/mol. The summed E-state index contributed by atoms with van der Waals surface area (Å²) >= 11 is 0. The van der Waals surface area contributed by atoms with E-state index in [2.05, 4.69) is 13.2 Å². The molecule has 0 aromatic rings. The Morgan fingerprint density at radius 3 is 1.25 bits per heavy atom. The van der Waals surface area contributed by atoms with Gasteiger partial charge in [0.25, 0.3) is 0 Å². The Balaban J connectivity index is -0.000000000833. The van der Waals surface area contributed by atoms with Crippen LogP contribution >= 0.6 is 0 Å². The minimum Gasteiger partial charge on any atom is -1.00 e. The van der Waals surface area contributed by atoms with E-state index in [9.17, 15) is 0 Å². The third-order valence-electron chi connectivity index (χ3n) is 0. The first-order valence-electron chi connectivity index (χ1n) is 0.500. The fourth-order valence-corrected chi connectivity index (χ4v) is 0. The molecule has 0 nitrogen and oxygen atoms in total. The predicted octanol–water partition coefficient (Wildman–Crippen LogP) is 0.644. The van der Waals surface area contributed by atoms with Gasteiger partial charge in [0.15, 0.2) is 0 Å². The van der Waals surface area contributed by atoms with Crippen LogP contribution in [0.15, 0.2) is 13.2 Å². The summed E-state index contributed by atoms with van der Waals surface area (Å²) in [6, 6.07) is 0. The third kappa shape index (κ3) is 10.7. The second-order valence-electron chi connectivity index (χ2n) is 0. The Hall–Kier alpha value is 1.22. The van der Waals surface area contributed by atoms with Crippen molar-refractivity contribution in [3.63, 3.8) is 0 Å². The largest absolute Gasteiger partial charge is 2.00 e. The Kier molecular flexibility index (Phi) is 139. The molecule has 0 saturated heterocycles. The molecule has 0 saturated carbocycles. The molecule has 0 aliphatic heterocycles. The fourth-order valence-electron chi connectivity index (χ4n) is 0. The summed E-state index contributed by atoms with van der Waals surface area (Å²) < 4.78 is 0. The molecule has 2 heteroatoms. The molecule has 0 spiro atoms. The van der Waals surface area contributed by atoms with Gasteiger partial charge in [-0.05, 0) is 0 Å². The standard InChI is InChI=1S/C2H4.Mg.Ti.2H/c1-2;;;;/h1-2H2;;;;/q;+2;;2*-1. The number of rotatable bonds is 0. The summed E-state index contributed by atoms with van der Waals surface area (Å²) in [5.41, 5.74) is 0. The SMILES string of the molecule is C=C.[H-].[H-].[Mg+2].[Ti]. The molecule has 0 aliphatic rings. The molecule has 0 aromatic heterocycles. The van der Waals surface area contributed by atoms with E-state index in [4.69, 9.17) is 0 Å². The van der Waals surface area contributed by atoms with E-state index in [1.807, 2.05) is 0 Å². The van der Waals surface area contributed by atoms with Crippen LogP contribution in [0.25, 0.3) is 0 Å². The molecule has 0 aromatic carbocycles. The zero-order valence-corrected chi connectivity index (χ0v) is 5.60. The third-order valence-corrected chi connectivity index (χ3v) is 0. The minimum atomic E-state index is 0. The van der Waals surface area contributed by atoms with E-state index in [-0.39, 0.29) is 47.6 Å². The predicted molar refractivity (Wildman–Crippen MR) is 19.2 cm³/mol. The topological polar surface area (TPSA) is 0 Å². The van der Waals surface area contributed by atoms with E-state index in [1.165, 1.54) is 0 Å². The average Bonchev–Trinajstić information content (AvgIpc) is 1.00. The van der Waals surface area contributed by atoms with Crippen molar-refractivity contribution in [3.8, 4) is 0 Å². The first-order chi connectivity index (χ1) is 1.00. The van der Waals surface area contributed by atoms with Gasteiger partial charge >= 0.3 is 23.1 Å². The molecule has 0 rings (SSSR count). The molecule has 0 aliphatic carbocycles. The van der Waals surface area contributed by atoms with Gasteiger partial charge in [-0.25, -0.2) is 0 Å². The van der Waals surface area contributed by atoms with Gasteiger partial charge in [0.2, 0.25) is 0 Å². The zero-order chi connectivity index (χ0) is 2.00. The van der Waals surface area contributed by atoms with Crippen LogP contribution in [0.4, 0.5) is 0 Å². The van der Waals surface area contributed by atoms with Gasteiger partial charge in [-0.2, -0.15) is 0 Å².